The lowest BCUT2D eigenvalue weighted by atomic mass is 9.75. The van der Waals surface area contributed by atoms with Crippen LogP contribution < -0.4 is 10.1 Å². The highest BCUT2D eigenvalue weighted by Gasteiger charge is 2.55. The molecule has 0 bridgehead atoms. The molecule has 1 aliphatic heterocycles. The van der Waals surface area contributed by atoms with E-state index >= 15 is 0 Å². The predicted molar refractivity (Wildman–Crippen MR) is 109 cm³/mol. The molecule has 2 fully saturated rings. The number of aryl methyl sites for hydroxylation is 1. The molecule has 0 unspecified atom stereocenters. The Kier molecular flexibility index (Phi) is 5.75. The van der Waals surface area contributed by atoms with Gasteiger partial charge in [-0.2, -0.15) is 0 Å². The third-order valence-electron chi connectivity index (χ3n) is 6.34. The zero-order valence-corrected chi connectivity index (χ0v) is 17.7. The Hall–Kier alpha value is -3.23. The van der Waals surface area contributed by atoms with Gasteiger partial charge in [0, 0.05) is 18.9 Å². The predicted octanol–water partition coefficient (Wildman–Crippen LogP) is 2.03. The summed E-state index contributed by atoms with van der Waals surface area (Å²) in [6, 6.07) is 6.94. The van der Waals surface area contributed by atoms with Crippen LogP contribution in [0, 0.1) is 6.92 Å². The lowest BCUT2D eigenvalue weighted by Crippen LogP contribution is -2.45. The number of nitrogens with zero attached hydrogens (tertiary/aromatic N) is 3. The second-order valence-electron chi connectivity index (χ2n) is 8.24. The SMILES string of the molecule is COc1ccc([C@]2(CC(=O)NCc3nonc3C)CC(=O)N(C3CCCC3)C2=O)cc1. The van der Waals surface area contributed by atoms with E-state index in [1.807, 2.05) is 0 Å². The molecule has 1 N–H and O–H groups in total. The largest absolute Gasteiger partial charge is 0.497 e. The van der Waals surface area contributed by atoms with Crippen molar-refractivity contribution in [2.24, 2.45) is 0 Å². The highest BCUT2D eigenvalue weighted by molar-refractivity contribution is 6.11. The lowest BCUT2D eigenvalue weighted by molar-refractivity contribution is -0.143. The van der Waals surface area contributed by atoms with E-state index in [4.69, 9.17) is 4.74 Å². The van der Waals surface area contributed by atoms with Gasteiger partial charge in [-0.1, -0.05) is 35.3 Å². The van der Waals surface area contributed by atoms with Crippen LogP contribution in [0.1, 0.15) is 55.5 Å². The smallest absolute Gasteiger partial charge is 0.241 e. The fourth-order valence-corrected chi connectivity index (χ4v) is 4.60. The van der Waals surface area contributed by atoms with Gasteiger partial charge in [-0.05, 0) is 37.5 Å². The molecule has 0 spiro atoms. The number of hydrogen-bond donors (Lipinski definition) is 1. The molecule has 164 valence electrons. The van der Waals surface area contributed by atoms with Gasteiger partial charge in [0.1, 0.15) is 17.1 Å². The van der Waals surface area contributed by atoms with Gasteiger partial charge in [-0.15, -0.1) is 0 Å². The maximum atomic E-state index is 13.7. The summed E-state index contributed by atoms with van der Waals surface area (Å²) in [7, 11) is 1.56. The summed E-state index contributed by atoms with van der Waals surface area (Å²) in [5.41, 5.74) is 0.521. The van der Waals surface area contributed by atoms with Gasteiger partial charge in [0.15, 0.2) is 0 Å². The van der Waals surface area contributed by atoms with Crippen molar-refractivity contribution in [3.63, 3.8) is 0 Å². The highest BCUT2D eigenvalue weighted by atomic mass is 16.6. The number of likely N-dealkylation sites (tertiary alicyclic amines) is 1. The first-order valence-electron chi connectivity index (χ1n) is 10.5. The van der Waals surface area contributed by atoms with Gasteiger partial charge < -0.3 is 10.1 Å². The van der Waals surface area contributed by atoms with Crippen LogP contribution in [0.2, 0.25) is 0 Å². The fraction of sp³-hybridized carbons (Fsp3) is 0.500. The summed E-state index contributed by atoms with van der Waals surface area (Å²) >= 11 is 0. The minimum atomic E-state index is -1.23. The van der Waals surface area contributed by atoms with Gasteiger partial charge in [0.25, 0.3) is 0 Å². The number of amides is 3. The van der Waals surface area contributed by atoms with Crippen molar-refractivity contribution in [2.45, 2.75) is 63.5 Å². The number of rotatable bonds is 7. The molecule has 31 heavy (non-hydrogen) atoms. The third kappa shape index (κ3) is 3.92. The van der Waals surface area contributed by atoms with Gasteiger partial charge >= 0.3 is 0 Å². The van der Waals surface area contributed by atoms with E-state index in [0.717, 1.165) is 25.7 Å². The van der Waals surface area contributed by atoms with Crippen molar-refractivity contribution in [1.82, 2.24) is 20.5 Å². The summed E-state index contributed by atoms with van der Waals surface area (Å²) in [6.45, 7) is 1.87. The van der Waals surface area contributed by atoms with Crippen LogP contribution >= 0.6 is 0 Å². The number of methoxy groups -OCH3 is 1. The Morgan fingerprint density at radius 1 is 1.23 bits per heavy atom. The molecule has 1 aromatic carbocycles. The highest BCUT2D eigenvalue weighted by Crippen LogP contribution is 2.43. The Labute approximate surface area is 180 Å². The van der Waals surface area contributed by atoms with E-state index in [-0.39, 0.29) is 43.1 Å². The van der Waals surface area contributed by atoms with Crippen LogP contribution in [0.3, 0.4) is 0 Å². The van der Waals surface area contributed by atoms with Crippen LogP contribution in [0.5, 0.6) is 5.75 Å². The number of carbonyl (C=O) groups excluding carboxylic acids is 3. The molecule has 0 radical (unpaired) electrons. The molecule has 3 amide bonds. The first-order chi connectivity index (χ1) is 14.9. The van der Waals surface area contributed by atoms with Crippen molar-refractivity contribution < 1.29 is 23.7 Å². The zero-order chi connectivity index (χ0) is 22.0. The molecule has 9 heteroatoms. The molecule has 4 rings (SSSR count). The van der Waals surface area contributed by atoms with E-state index in [1.165, 1.54) is 4.90 Å². The van der Waals surface area contributed by atoms with Crippen molar-refractivity contribution in [1.29, 1.82) is 0 Å². The number of ether oxygens (including phenoxy) is 1. The standard InChI is InChI=1S/C22H26N4O5/c1-14-18(25-31-24-14)13-23-19(27)11-22(15-7-9-17(30-2)10-8-15)12-20(28)26(21(22)29)16-5-3-4-6-16/h7-10,16H,3-6,11-13H2,1-2H3,(H,23,27)/t22-/m0/s1. The minimum Gasteiger partial charge on any atom is -0.497 e. The maximum Gasteiger partial charge on any atom is 0.241 e. The number of imide groups is 1. The molecule has 1 saturated heterocycles. The summed E-state index contributed by atoms with van der Waals surface area (Å²) < 4.78 is 9.88. The number of nitrogens with one attached hydrogen (secondary N) is 1. The van der Waals surface area contributed by atoms with Crippen LogP contribution in [0.4, 0.5) is 0 Å². The van der Waals surface area contributed by atoms with Crippen LogP contribution in [0.25, 0.3) is 0 Å². The zero-order valence-electron chi connectivity index (χ0n) is 17.7. The van der Waals surface area contributed by atoms with E-state index in [1.54, 1.807) is 38.3 Å². The molecule has 1 atom stereocenters. The van der Waals surface area contributed by atoms with Gasteiger partial charge in [-0.3, -0.25) is 19.3 Å². The van der Waals surface area contributed by atoms with Crippen molar-refractivity contribution in [3.05, 3.63) is 41.2 Å². The molecular formula is C22H26N4O5. The average molecular weight is 426 g/mol. The summed E-state index contributed by atoms with van der Waals surface area (Å²) in [4.78, 5) is 40.9. The van der Waals surface area contributed by atoms with Crippen LogP contribution in [-0.2, 0) is 26.3 Å². The maximum absolute atomic E-state index is 13.7. The summed E-state index contributed by atoms with van der Waals surface area (Å²) in [5, 5.41) is 10.2. The molecule has 9 nitrogen and oxygen atoms in total. The quantitative estimate of drug-likeness (QED) is 0.674. The van der Waals surface area contributed by atoms with Crippen LogP contribution in [0.15, 0.2) is 28.9 Å². The Morgan fingerprint density at radius 2 is 1.94 bits per heavy atom. The molecule has 1 aliphatic carbocycles. The second-order valence-corrected chi connectivity index (χ2v) is 8.24. The summed E-state index contributed by atoms with van der Waals surface area (Å²) in [5.74, 6) is -0.199. The minimum absolute atomic E-state index is 0.0212. The number of carbonyl (C=O) groups is 3. The fourth-order valence-electron chi connectivity index (χ4n) is 4.60. The molecular weight excluding hydrogens is 400 g/mol. The van der Waals surface area contributed by atoms with Crippen molar-refractivity contribution in [3.8, 4) is 5.75 Å². The third-order valence-corrected chi connectivity index (χ3v) is 6.34. The average Bonchev–Trinajstić information content (AvgIpc) is 3.48. The Balaban J connectivity index is 1.61. The Bertz CT molecular complexity index is 980. The van der Waals surface area contributed by atoms with E-state index in [0.29, 0.717) is 22.7 Å². The van der Waals surface area contributed by atoms with E-state index in [2.05, 4.69) is 20.3 Å². The Morgan fingerprint density at radius 3 is 2.55 bits per heavy atom. The van der Waals surface area contributed by atoms with Gasteiger partial charge in [0.05, 0.1) is 19.1 Å². The lowest BCUT2D eigenvalue weighted by Gasteiger charge is -2.29. The number of aromatic nitrogens is 2. The normalized spacial score (nSPS) is 21.7. The van der Waals surface area contributed by atoms with Gasteiger partial charge in [0.2, 0.25) is 17.7 Å². The first kappa shape index (κ1) is 21.0. The van der Waals surface area contributed by atoms with Gasteiger partial charge in [-0.25, -0.2) is 4.63 Å². The number of benzene rings is 1. The van der Waals surface area contributed by atoms with E-state index in [9.17, 15) is 14.4 Å². The molecule has 2 heterocycles. The van der Waals surface area contributed by atoms with Crippen molar-refractivity contribution >= 4 is 17.7 Å². The summed E-state index contributed by atoms with van der Waals surface area (Å²) in [6.07, 6.45) is 3.50. The molecule has 1 saturated carbocycles. The molecule has 2 aliphatic rings. The number of hydrogen-bond acceptors (Lipinski definition) is 7. The first-order valence-corrected chi connectivity index (χ1v) is 10.5. The molecule has 2 aromatic rings. The van der Waals surface area contributed by atoms with Crippen molar-refractivity contribution in [2.75, 3.05) is 7.11 Å². The van der Waals surface area contributed by atoms with Crippen LogP contribution in [-0.4, -0.2) is 46.1 Å². The second kappa shape index (κ2) is 8.49. The monoisotopic (exact) mass is 426 g/mol. The topological polar surface area (TPSA) is 115 Å². The molecule has 1 aromatic heterocycles. The van der Waals surface area contributed by atoms with E-state index < -0.39 is 5.41 Å².